The monoisotopic (exact) mass is 265 g/mol. The molecule has 2 N–H and O–H groups in total. The van der Waals surface area contributed by atoms with Crippen LogP contribution in [-0.4, -0.2) is 23.9 Å². The summed E-state index contributed by atoms with van der Waals surface area (Å²) in [5.41, 5.74) is 0.773. The summed E-state index contributed by atoms with van der Waals surface area (Å²) >= 11 is 0. The highest BCUT2D eigenvalue weighted by Gasteiger charge is 2.16. The summed E-state index contributed by atoms with van der Waals surface area (Å²) in [6.45, 7) is 6.96. The van der Waals surface area contributed by atoms with Gasteiger partial charge in [-0.3, -0.25) is 14.9 Å². The van der Waals surface area contributed by atoms with Crippen molar-refractivity contribution in [3.05, 3.63) is 33.9 Å². The van der Waals surface area contributed by atoms with E-state index >= 15 is 0 Å². The van der Waals surface area contributed by atoms with Crippen molar-refractivity contribution in [1.29, 1.82) is 0 Å². The molecular formula is C13H19N3O3. The minimum Gasteiger partial charge on any atom is -0.379 e. The standard InChI is InChI=1S/C13H19N3O3/c1-4-14-13(17)10-5-6-12(16(18)19)11(7-10)15-8-9(2)3/h5-7,9,15H,4,8H2,1-3H3,(H,14,17). The number of hydrogen-bond donors (Lipinski definition) is 2. The maximum atomic E-state index is 11.7. The number of benzene rings is 1. The third-order valence-electron chi connectivity index (χ3n) is 2.49. The van der Waals surface area contributed by atoms with E-state index in [0.717, 1.165) is 0 Å². The molecule has 0 saturated carbocycles. The van der Waals surface area contributed by atoms with Crippen molar-refractivity contribution in [2.75, 3.05) is 18.4 Å². The van der Waals surface area contributed by atoms with Gasteiger partial charge >= 0.3 is 0 Å². The highest BCUT2D eigenvalue weighted by molar-refractivity contribution is 5.95. The van der Waals surface area contributed by atoms with E-state index in [1.807, 2.05) is 20.8 Å². The van der Waals surface area contributed by atoms with Crippen LogP contribution in [0.25, 0.3) is 0 Å². The molecule has 0 atom stereocenters. The van der Waals surface area contributed by atoms with Crippen molar-refractivity contribution in [3.63, 3.8) is 0 Å². The van der Waals surface area contributed by atoms with Crippen LogP contribution in [0.3, 0.4) is 0 Å². The van der Waals surface area contributed by atoms with Gasteiger partial charge in [-0.25, -0.2) is 0 Å². The zero-order valence-corrected chi connectivity index (χ0v) is 11.4. The molecule has 0 fully saturated rings. The molecule has 1 amide bonds. The van der Waals surface area contributed by atoms with Crippen LogP contribution in [0.15, 0.2) is 18.2 Å². The second-order valence-corrected chi connectivity index (χ2v) is 4.62. The van der Waals surface area contributed by atoms with Gasteiger partial charge in [0.05, 0.1) is 4.92 Å². The average Bonchev–Trinajstić information content (AvgIpc) is 2.36. The first-order valence-corrected chi connectivity index (χ1v) is 6.26. The maximum Gasteiger partial charge on any atom is 0.292 e. The van der Waals surface area contributed by atoms with Crippen molar-refractivity contribution < 1.29 is 9.72 Å². The molecule has 6 nitrogen and oxygen atoms in total. The van der Waals surface area contributed by atoms with Crippen LogP contribution in [0.5, 0.6) is 0 Å². The van der Waals surface area contributed by atoms with E-state index in [1.165, 1.54) is 18.2 Å². The summed E-state index contributed by atoms with van der Waals surface area (Å²) in [5, 5.41) is 16.6. The number of carbonyl (C=O) groups excluding carboxylic acids is 1. The van der Waals surface area contributed by atoms with Gasteiger partial charge < -0.3 is 10.6 Å². The Morgan fingerprint density at radius 2 is 2.11 bits per heavy atom. The van der Waals surface area contributed by atoms with Crippen LogP contribution < -0.4 is 10.6 Å². The number of nitrogens with zero attached hydrogens (tertiary/aromatic N) is 1. The van der Waals surface area contributed by atoms with Gasteiger partial charge in [0.1, 0.15) is 5.69 Å². The lowest BCUT2D eigenvalue weighted by Gasteiger charge is -2.11. The predicted octanol–water partition coefficient (Wildman–Crippen LogP) is 2.41. The van der Waals surface area contributed by atoms with E-state index in [4.69, 9.17) is 0 Å². The quantitative estimate of drug-likeness (QED) is 0.611. The van der Waals surface area contributed by atoms with Gasteiger partial charge in [-0.2, -0.15) is 0 Å². The molecule has 0 aliphatic carbocycles. The van der Waals surface area contributed by atoms with Crippen molar-refractivity contribution >= 4 is 17.3 Å². The number of rotatable bonds is 6. The molecule has 6 heteroatoms. The Hall–Kier alpha value is -2.11. The van der Waals surface area contributed by atoms with Crippen LogP contribution >= 0.6 is 0 Å². The van der Waals surface area contributed by atoms with E-state index in [1.54, 1.807) is 0 Å². The van der Waals surface area contributed by atoms with E-state index in [2.05, 4.69) is 10.6 Å². The molecule has 1 rings (SSSR count). The second kappa shape index (κ2) is 6.72. The van der Waals surface area contributed by atoms with Crippen molar-refractivity contribution in [2.24, 2.45) is 5.92 Å². The third kappa shape index (κ3) is 4.24. The molecule has 0 spiro atoms. The van der Waals surface area contributed by atoms with Gasteiger partial charge in [-0.1, -0.05) is 13.8 Å². The smallest absolute Gasteiger partial charge is 0.292 e. The van der Waals surface area contributed by atoms with Gasteiger partial charge in [0.2, 0.25) is 0 Å². The number of nitro benzene ring substituents is 1. The molecule has 0 aromatic heterocycles. The molecule has 104 valence electrons. The Kier molecular flexibility index (Phi) is 5.29. The number of anilines is 1. The van der Waals surface area contributed by atoms with Gasteiger partial charge in [0, 0.05) is 24.7 Å². The third-order valence-corrected chi connectivity index (χ3v) is 2.49. The van der Waals surface area contributed by atoms with E-state index in [-0.39, 0.29) is 11.6 Å². The fourth-order valence-electron chi connectivity index (χ4n) is 1.55. The van der Waals surface area contributed by atoms with Crippen LogP contribution in [0.2, 0.25) is 0 Å². The van der Waals surface area contributed by atoms with E-state index < -0.39 is 4.92 Å². The van der Waals surface area contributed by atoms with Gasteiger partial charge in [-0.15, -0.1) is 0 Å². The first kappa shape index (κ1) is 14.9. The number of nitrogens with one attached hydrogen (secondary N) is 2. The topological polar surface area (TPSA) is 84.3 Å². The fraction of sp³-hybridized carbons (Fsp3) is 0.462. The molecule has 1 aromatic carbocycles. The van der Waals surface area contributed by atoms with Crippen LogP contribution in [0, 0.1) is 16.0 Å². The Bertz CT molecular complexity index is 472. The highest BCUT2D eigenvalue weighted by Crippen LogP contribution is 2.25. The summed E-state index contributed by atoms with van der Waals surface area (Å²) in [5.74, 6) is 0.123. The van der Waals surface area contributed by atoms with Gasteiger partial charge in [-0.05, 0) is 25.0 Å². The summed E-state index contributed by atoms with van der Waals surface area (Å²) in [6, 6.07) is 4.34. The van der Waals surface area contributed by atoms with Gasteiger partial charge in [0.15, 0.2) is 0 Å². The van der Waals surface area contributed by atoms with Crippen LogP contribution in [0.4, 0.5) is 11.4 Å². The molecule has 19 heavy (non-hydrogen) atoms. The molecule has 0 aliphatic heterocycles. The number of nitro groups is 1. The normalized spacial score (nSPS) is 10.3. The largest absolute Gasteiger partial charge is 0.379 e. The van der Waals surface area contributed by atoms with Gasteiger partial charge in [0.25, 0.3) is 11.6 Å². The lowest BCUT2D eigenvalue weighted by atomic mass is 10.1. The first-order chi connectivity index (χ1) is 8.95. The number of hydrogen-bond acceptors (Lipinski definition) is 4. The zero-order valence-electron chi connectivity index (χ0n) is 11.4. The summed E-state index contributed by atoms with van der Waals surface area (Å²) in [7, 11) is 0. The Labute approximate surface area is 112 Å². The molecular weight excluding hydrogens is 246 g/mol. The highest BCUT2D eigenvalue weighted by atomic mass is 16.6. The first-order valence-electron chi connectivity index (χ1n) is 6.26. The fourth-order valence-corrected chi connectivity index (χ4v) is 1.55. The molecule has 0 radical (unpaired) electrons. The molecule has 0 saturated heterocycles. The molecule has 0 heterocycles. The Balaban J connectivity index is 3.03. The summed E-state index contributed by atoms with van der Waals surface area (Å²) in [4.78, 5) is 22.2. The van der Waals surface area contributed by atoms with Crippen molar-refractivity contribution in [2.45, 2.75) is 20.8 Å². The number of carbonyl (C=O) groups is 1. The van der Waals surface area contributed by atoms with Crippen molar-refractivity contribution in [1.82, 2.24) is 5.32 Å². The molecule has 0 bridgehead atoms. The SMILES string of the molecule is CCNC(=O)c1ccc([N+](=O)[O-])c(NCC(C)C)c1. The van der Waals surface area contributed by atoms with Crippen LogP contribution in [0.1, 0.15) is 31.1 Å². The number of amides is 1. The van der Waals surface area contributed by atoms with E-state index in [0.29, 0.717) is 30.3 Å². The summed E-state index contributed by atoms with van der Waals surface area (Å²) in [6.07, 6.45) is 0. The minimum atomic E-state index is -0.454. The lowest BCUT2D eigenvalue weighted by molar-refractivity contribution is -0.384. The molecule has 1 aromatic rings. The predicted molar refractivity (Wildman–Crippen MR) is 74.4 cm³/mol. The Morgan fingerprint density at radius 1 is 1.42 bits per heavy atom. The van der Waals surface area contributed by atoms with Crippen LogP contribution in [-0.2, 0) is 0 Å². The summed E-state index contributed by atoms with van der Waals surface area (Å²) < 4.78 is 0. The Morgan fingerprint density at radius 3 is 2.63 bits per heavy atom. The lowest BCUT2D eigenvalue weighted by Crippen LogP contribution is -2.22. The van der Waals surface area contributed by atoms with Crippen molar-refractivity contribution in [3.8, 4) is 0 Å². The average molecular weight is 265 g/mol. The minimum absolute atomic E-state index is 0.0197. The maximum absolute atomic E-state index is 11.7. The zero-order chi connectivity index (χ0) is 14.4. The molecule has 0 aliphatic rings. The second-order valence-electron chi connectivity index (χ2n) is 4.62. The van der Waals surface area contributed by atoms with E-state index in [9.17, 15) is 14.9 Å². The molecule has 0 unspecified atom stereocenters.